The second-order valence-corrected chi connectivity index (χ2v) is 3.85. The maximum atomic E-state index is 3.92. The maximum absolute atomic E-state index is 3.92. The van der Waals surface area contributed by atoms with Gasteiger partial charge >= 0.3 is 0 Å². The van der Waals surface area contributed by atoms with Gasteiger partial charge in [0.25, 0.3) is 0 Å². The van der Waals surface area contributed by atoms with Gasteiger partial charge in [-0.2, -0.15) is 0 Å². The third-order valence-electron chi connectivity index (χ3n) is 1.55. The van der Waals surface area contributed by atoms with Crippen LogP contribution in [0.3, 0.4) is 0 Å². The van der Waals surface area contributed by atoms with E-state index >= 15 is 0 Å². The van der Waals surface area contributed by atoms with Crippen molar-refractivity contribution in [3.8, 4) is 0 Å². The molecule has 0 aromatic heterocycles. The number of hydrogen-bond acceptors (Lipinski definition) is 0. The van der Waals surface area contributed by atoms with Crippen molar-refractivity contribution in [1.82, 2.24) is 0 Å². The molecule has 0 fully saturated rings. The van der Waals surface area contributed by atoms with Crippen molar-refractivity contribution in [1.29, 1.82) is 0 Å². The zero-order valence-corrected chi connectivity index (χ0v) is 8.07. The monoisotopic (exact) mass is 150 g/mol. The Morgan fingerprint density at radius 1 is 1.27 bits per heavy atom. The maximum Gasteiger partial charge on any atom is -0.0129 e. The molecular weight excluding hydrogens is 132 g/mol. The highest BCUT2D eigenvalue weighted by atomic mass is 14.2. The van der Waals surface area contributed by atoms with Crippen LogP contribution < -0.4 is 0 Å². The lowest BCUT2D eigenvalue weighted by molar-refractivity contribution is 0.511. The average molecular weight is 150 g/mol. The van der Waals surface area contributed by atoms with E-state index in [-0.39, 0.29) is 5.41 Å². The van der Waals surface area contributed by atoms with E-state index in [2.05, 4.69) is 33.9 Å². The Morgan fingerprint density at radius 3 is 1.82 bits per heavy atom. The minimum atomic E-state index is 0.181. The highest BCUT2D eigenvalue weighted by Gasteiger charge is 2.16. The smallest absolute Gasteiger partial charge is 0.0129 e. The van der Waals surface area contributed by atoms with Gasteiger partial charge in [-0.15, -0.1) is 0 Å². The first-order chi connectivity index (χ1) is 4.89. The Kier molecular flexibility index (Phi) is 3.31. The topological polar surface area (TPSA) is 0 Å². The van der Waals surface area contributed by atoms with Crippen molar-refractivity contribution in [3.05, 3.63) is 36.5 Å². The van der Waals surface area contributed by atoms with Crippen LogP contribution in [0.4, 0.5) is 0 Å². The predicted octanol–water partition coefficient (Wildman–Crippen LogP) is 3.72. The van der Waals surface area contributed by atoms with Gasteiger partial charge in [-0.05, 0) is 17.9 Å². The normalized spacial score (nSPS) is 12.9. The van der Waals surface area contributed by atoms with E-state index < -0.39 is 0 Å². The molecule has 0 bridgehead atoms. The van der Waals surface area contributed by atoms with Crippen molar-refractivity contribution in [2.75, 3.05) is 0 Å². The first kappa shape index (κ1) is 10.2. The van der Waals surface area contributed by atoms with E-state index in [1.807, 2.05) is 19.1 Å². The first-order valence-corrected chi connectivity index (χ1v) is 3.88. The molecule has 0 amide bonds. The van der Waals surface area contributed by atoms with Gasteiger partial charge in [0, 0.05) is 0 Å². The second kappa shape index (κ2) is 3.56. The zero-order chi connectivity index (χ0) is 9.07. The van der Waals surface area contributed by atoms with E-state index in [4.69, 9.17) is 0 Å². The molecule has 0 rings (SSSR count). The number of allylic oxidation sites excluding steroid dienone is 4. The Balaban J connectivity index is 4.77. The van der Waals surface area contributed by atoms with Crippen LogP contribution in [0.25, 0.3) is 0 Å². The standard InChI is InChI=1S/C11H18/c1-7-8-10(9(2)3)11(4,5)6/h7-8H,1-2H2,3-6H3/b10-8+. The SMILES string of the molecule is C=C/C=C(\C(=C)C)C(C)(C)C. The van der Waals surface area contributed by atoms with Gasteiger partial charge in [0.1, 0.15) is 0 Å². The summed E-state index contributed by atoms with van der Waals surface area (Å²) < 4.78 is 0. The lowest BCUT2D eigenvalue weighted by Crippen LogP contribution is -2.09. The van der Waals surface area contributed by atoms with Crippen molar-refractivity contribution in [2.45, 2.75) is 27.7 Å². The van der Waals surface area contributed by atoms with E-state index in [0.29, 0.717) is 0 Å². The molecule has 0 aromatic rings. The van der Waals surface area contributed by atoms with Crippen LogP contribution in [0.15, 0.2) is 36.5 Å². The van der Waals surface area contributed by atoms with Crippen LogP contribution in [-0.2, 0) is 0 Å². The molecule has 0 spiro atoms. The quantitative estimate of drug-likeness (QED) is 0.526. The van der Waals surface area contributed by atoms with Crippen molar-refractivity contribution in [2.24, 2.45) is 5.41 Å². The van der Waals surface area contributed by atoms with Crippen molar-refractivity contribution in [3.63, 3.8) is 0 Å². The summed E-state index contributed by atoms with van der Waals surface area (Å²) in [6.07, 6.45) is 3.84. The molecule has 0 heterocycles. The third-order valence-corrected chi connectivity index (χ3v) is 1.55. The molecule has 0 unspecified atom stereocenters. The molecule has 0 aliphatic rings. The van der Waals surface area contributed by atoms with Crippen LogP contribution >= 0.6 is 0 Å². The highest BCUT2D eigenvalue weighted by Crippen LogP contribution is 2.29. The summed E-state index contributed by atoms with van der Waals surface area (Å²) in [6.45, 7) is 16.2. The predicted molar refractivity (Wildman–Crippen MR) is 52.5 cm³/mol. The third kappa shape index (κ3) is 3.22. The Labute approximate surface area is 70.3 Å². The fourth-order valence-corrected chi connectivity index (χ4v) is 1.15. The van der Waals surface area contributed by atoms with Gasteiger partial charge in [0.05, 0.1) is 0 Å². The molecule has 62 valence electrons. The minimum absolute atomic E-state index is 0.181. The highest BCUT2D eigenvalue weighted by molar-refractivity contribution is 5.33. The van der Waals surface area contributed by atoms with E-state index in [1.54, 1.807) is 0 Å². The fraction of sp³-hybridized carbons (Fsp3) is 0.455. The lowest BCUT2D eigenvalue weighted by atomic mass is 9.82. The summed E-state index contributed by atoms with van der Waals surface area (Å²) in [7, 11) is 0. The zero-order valence-electron chi connectivity index (χ0n) is 8.07. The van der Waals surface area contributed by atoms with Gasteiger partial charge < -0.3 is 0 Å². The molecule has 0 aromatic carbocycles. The summed E-state index contributed by atoms with van der Waals surface area (Å²) in [5, 5.41) is 0. The molecule has 11 heavy (non-hydrogen) atoms. The van der Waals surface area contributed by atoms with E-state index in [0.717, 1.165) is 5.57 Å². The van der Waals surface area contributed by atoms with Crippen LogP contribution in [0.5, 0.6) is 0 Å². The lowest BCUT2D eigenvalue weighted by Gasteiger charge is -2.22. The van der Waals surface area contributed by atoms with Gasteiger partial charge in [0.15, 0.2) is 0 Å². The Morgan fingerprint density at radius 2 is 1.73 bits per heavy atom. The molecule has 0 atom stereocenters. The molecule has 0 saturated heterocycles. The van der Waals surface area contributed by atoms with Crippen molar-refractivity contribution < 1.29 is 0 Å². The van der Waals surface area contributed by atoms with E-state index in [9.17, 15) is 0 Å². The summed E-state index contributed by atoms with van der Waals surface area (Å²) >= 11 is 0. The van der Waals surface area contributed by atoms with Gasteiger partial charge in [-0.1, -0.05) is 51.7 Å². The summed E-state index contributed by atoms with van der Waals surface area (Å²) in [6, 6.07) is 0. The van der Waals surface area contributed by atoms with E-state index in [1.165, 1.54) is 5.57 Å². The Bertz CT molecular complexity index is 187. The summed E-state index contributed by atoms with van der Waals surface area (Å²) in [4.78, 5) is 0. The largest absolute Gasteiger partial charge is 0.0991 e. The minimum Gasteiger partial charge on any atom is -0.0991 e. The second-order valence-electron chi connectivity index (χ2n) is 3.85. The van der Waals surface area contributed by atoms with Crippen LogP contribution in [0, 0.1) is 5.41 Å². The molecule has 0 aliphatic heterocycles. The first-order valence-electron chi connectivity index (χ1n) is 3.88. The fourth-order valence-electron chi connectivity index (χ4n) is 1.15. The number of hydrogen-bond donors (Lipinski definition) is 0. The average Bonchev–Trinajstić information content (AvgIpc) is 1.79. The molecule has 0 saturated carbocycles. The molecule has 0 N–H and O–H groups in total. The molecule has 0 nitrogen and oxygen atoms in total. The van der Waals surface area contributed by atoms with Crippen LogP contribution in [-0.4, -0.2) is 0 Å². The number of rotatable bonds is 2. The molecule has 0 radical (unpaired) electrons. The van der Waals surface area contributed by atoms with Gasteiger partial charge in [0.2, 0.25) is 0 Å². The van der Waals surface area contributed by atoms with Gasteiger partial charge in [-0.3, -0.25) is 0 Å². The van der Waals surface area contributed by atoms with Gasteiger partial charge in [-0.25, -0.2) is 0 Å². The summed E-state index contributed by atoms with van der Waals surface area (Å²) in [5.74, 6) is 0. The molecule has 0 aliphatic carbocycles. The molecule has 0 heteroatoms. The molecular formula is C11H18. The van der Waals surface area contributed by atoms with Crippen LogP contribution in [0.2, 0.25) is 0 Å². The summed E-state index contributed by atoms with van der Waals surface area (Å²) in [5.41, 5.74) is 2.57. The Hall–Kier alpha value is -0.780. The van der Waals surface area contributed by atoms with Crippen LogP contribution in [0.1, 0.15) is 27.7 Å². The van der Waals surface area contributed by atoms with Crippen molar-refractivity contribution >= 4 is 0 Å².